The quantitative estimate of drug-likeness (QED) is 0.646. The Bertz CT molecular complexity index is 806. The van der Waals surface area contributed by atoms with Crippen LogP contribution in [0.25, 0.3) is 0 Å². The second-order valence-corrected chi connectivity index (χ2v) is 7.73. The Labute approximate surface area is 156 Å². The van der Waals surface area contributed by atoms with Gasteiger partial charge in [-0.1, -0.05) is 12.1 Å². The molecule has 3 amide bonds. The molecule has 2 heterocycles. The van der Waals surface area contributed by atoms with Gasteiger partial charge in [-0.05, 0) is 36.5 Å². The van der Waals surface area contributed by atoms with E-state index in [1.807, 2.05) is 18.2 Å². The molecule has 144 valence electrons. The lowest BCUT2D eigenvalue weighted by Crippen LogP contribution is -2.54. The summed E-state index contributed by atoms with van der Waals surface area (Å²) in [4.78, 5) is 37.7. The van der Waals surface area contributed by atoms with Crippen molar-refractivity contribution in [1.29, 1.82) is 0 Å². The molecule has 1 atom stereocenters. The number of alkyl halides is 1. The molecule has 2 fully saturated rings. The Kier molecular flexibility index (Phi) is 4.47. The smallest absolute Gasteiger partial charge is 0.255 e. The van der Waals surface area contributed by atoms with E-state index in [1.165, 1.54) is 4.90 Å². The first-order valence-corrected chi connectivity index (χ1v) is 9.27. The normalized spacial score (nSPS) is 30.1. The van der Waals surface area contributed by atoms with Gasteiger partial charge in [0.1, 0.15) is 11.7 Å². The summed E-state index contributed by atoms with van der Waals surface area (Å²) in [6.07, 6.45) is 1.42. The zero-order valence-electron chi connectivity index (χ0n) is 15.0. The molecule has 1 aromatic rings. The minimum atomic E-state index is -1.24. The predicted molar refractivity (Wildman–Crippen MR) is 95.2 cm³/mol. The summed E-state index contributed by atoms with van der Waals surface area (Å²) in [6, 6.07) is 5.17. The highest BCUT2D eigenvalue weighted by Crippen LogP contribution is 2.35. The Morgan fingerprint density at radius 1 is 1.30 bits per heavy atom. The van der Waals surface area contributed by atoms with E-state index < -0.39 is 17.6 Å². The van der Waals surface area contributed by atoms with Crippen LogP contribution in [0.4, 0.5) is 4.39 Å². The van der Waals surface area contributed by atoms with Crippen LogP contribution in [0.3, 0.4) is 0 Å². The van der Waals surface area contributed by atoms with E-state index in [0.717, 1.165) is 11.1 Å². The predicted octanol–water partition coefficient (Wildman–Crippen LogP) is 0.367. The van der Waals surface area contributed by atoms with Crippen molar-refractivity contribution in [3.05, 3.63) is 34.9 Å². The van der Waals surface area contributed by atoms with Crippen LogP contribution in [0.5, 0.6) is 0 Å². The monoisotopic (exact) mass is 374 g/mol. The van der Waals surface area contributed by atoms with Gasteiger partial charge in [0.25, 0.3) is 5.91 Å². The lowest BCUT2D eigenvalue weighted by molar-refractivity contribution is -0.136. The summed E-state index contributed by atoms with van der Waals surface area (Å²) >= 11 is 0. The molecule has 1 saturated carbocycles. The van der Waals surface area contributed by atoms with Gasteiger partial charge >= 0.3 is 0 Å². The molecule has 4 rings (SSSR count). The number of hydrogen-bond donors (Lipinski definition) is 3. The third kappa shape index (κ3) is 3.35. The number of carbonyl (C=O) groups excluding carboxylic acids is 3. The molecule has 1 unspecified atom stereocenters. The Hall–Kier alpha value is -2.32. The maximum atomic E-state index is 13.8. The zero-order valence-corrected chi connectivity index (χ0v) is 15.0. The largest absolute Gasteiger partial charge is 0.328 e. The number of amides is 3. The molecular formula is C19H23FN4O3. The van der Waals surface area contributed by atoms with Crippen molar-refractivity contribution < 1.29 is 18.8 Å². The lowest BCUT2D eigenvalue weighted by atomic mass is 9.77. The van der Waals surface area contributed by atoms with Crippen LogP contribution in [0.1, 0.15) is 47.2 Å². The summed E-state index contributed by atoms with van der Waals surface area (Å²) in [5, 5.41) is 5.60. The molecule has 7 nitrogen and oxygen atoms in total. The lowest BCUT2D eigenvalue weighted by Gasteiger charge is -2.41. The molecule has 1 saturated heterocycles. The van der Waals surface area contributed by atoms with Crippen LogP contribution in [0, 0.1) is 0 Å². The van der Waals surface area contributed by atoms with Crippen LogP contribution in [-0.4, -0.2) is 46.9 Å². The van der Waals surface area contributed by atoms with Crippen molar-refractivity contribution >= 4 is 17.7 Å². The fraction of sp³-hybridized carbons (Fsp3) is 0.526. The van der Waals surface area contributed by atoms with Crippen molar-refractivity contribution in [2.75, 3.05) is 6.54 Å². The van der Waals surface area contributed by atoms with E-state index in [1.54, 1.807) is 0 Å². The number of benzene rings is 1. The molecular weight excluding hydrogens is 351 g/mol. The first kappa shape index (κ1) is 18.1. The molecule has 1 aromatic carbocycles. The molecule has 27 heavy (non-hydrogen) atoms. The summed E-state index contributed by atoms with van der Waals surface area (Å²) in [6.45, 7) is 0.969. The van der Waals surface area contributed by atoms with E-state index in [9.17, 15) is 18.8 Å². The van der Waals surface area contributed by atoms with Gasteiger partial charge in [-0.15, -0.1) is 0 Å². The minimum Gasteiger partial charge on any atom is -0.328 e. The third-order valence-corrected chi connectivity index (χ3v) is 5.78. The number of rotatable bonds is 5. The van der Waals surface area contributed by atoms with Crippen molar-refractivity contribution in [2.24, 2.45) is 5.73 Å². The molecule has 8 heteroatoms. The molecule has 0 radical (unpaired) electrons. The first-order valence-electron chi connectivity index (χ1n) is 9.27. The van der Waals surface area contributed by atoms with Crippen LogP contribution < -0.4 is 16.4 Å². The number of nitrogens with zero attached hydrogens (tertiary/aromatic N) is 1. The number of nitrogens with one attached hydrogen (secondary N) is 2. The molecule has 4 N–H and O–H groups in total. The molecule has 1 aliphatic carbocycles. The fourth-order valence-electron chi connectivity index (χ4n) is 4.11. The van der Waals surface area contributed by atoms with Gasteiger partial charge in [0.05, 0.1) is 0 Å². The number of piperidine rings is 1. The molecule has 0 bridgehead atoms. The van der Waals surface area contributed by atoms with Gasteiger partial charge in [-0.25, -0.2) is 4.39 Å². The maximum Gasteiger partial charge on any atom is 0.255 e. The molecule has 2 aliphatic heterocycles. The summed E-state index contributed by atoms with van der Waals surface area (Å²) in [7, 11) is 0. The SMILES string of the molecule is NCC1(F)CC(NCc2ccc3c(c2)C(=O)N(C2CCC(=O)NC2=O)C3)C1. The van der Waals surface area contributed by atoms with Gasteiger partial charge in [0.2, 0.25) is 11.8 Å². The summed E-state index contributed by atoms with van der Waals surface area (Å²) in [5.74, 6) is -0.888. The summed E-state index contributed by atoms with van der Waals surface area (Å²) in [5.41, 5.74) is 6.58. The second-order valence-electron chi connectivity index (χ2n) is 7.73. The number of imide groups is 1. The van der Waals surface area contributed by atoms with Gasteiger partial charge in [-0.3, -0.25) is 19.7 Å². The topological polar surface area (TPSA) is 105 Å². The van der Waals surface area contributed by atoms with Crippen LogP contribution in [0.2, 0.25) is 0 Å². The van der Waals surface area contributed by atoms with Crippen LogP contribution in [-0.2, 0) is 22.7 Å². The van der Waals surface area contributed by atoms with Crippen molar-refractivity contribution in [1.82, 2.24) is 15.5 Å². The minimum absolute atomic E-state index is 0.0503. The average molecular weight is 374 g/mol. The van der Waals surface area contributed by atoms with Crippen molar-refractivity contribution in [2.45, 2.75) is 56.5 Å². The van der Waals surface area contributed by atoms with Gasteiger partial charge < -0.3 is 16.0 Å². The van der Waals surface area contributed by atoms with E-state index in [4.69, 9.17) is 5.73 Å². The average Bonchev–Trinajstić information content (AvgIpc) is 2.94. The van der Waals surface area contributed by atoms with Crippen molar-refractivity contribution in [3.8, 4) is 0 Å². The van der Waals surface area contributed by atoms with Crippen LogP contribution >= 0.6 is 0 Å². The number of fused-ring (bicyclic) bond motifs is 1. The zero-order chi connectivity index (χ0) is 19.2. The summed E-state index contributed by atoms with van der Waals surface area (Å²) < 4.78 is 13.8. The molecule has 0 aromatic heterocycles. The van der Waals surface area contributed by atoms with Gasteiger partial charge in [-0.2, -0.15) is 0 Å². The highest BCUT2D eigenvalue weighted by molar-refractivity contribution is 6.05. The van der Waals surface area contributed by atoms with E-state index in [-0.39, 0.29) is 30.8 Å². The van der Waals surface area contributed by atoms with E-state index >= 15 is 0 Å². The third-order valence-electron chi connectivity index (χ3n) is 5.78. The first-order chi connectivity index (χ1) is 12.9. The van der Waals surface area contributed by atoms with Gasteiger partial charge in [0.15, 0.2) is 0 Å². The highest BCUT2D eigenvalue weighted by Gasteiger charge is 2.43. The fourth-order valence-corrected chi connectivity index (χ4v) is 4.11. The Balaban J connectivity index is 1.40. The highest BCUT2D eigenvalue weighted by atomic mass is 19.1. The van der Waals surface area contributed by atoms with Crippen LogP contribution in [0.15, 0.2) is 18.2 Å². The Morgan fingerprint density at radius 3 is 2.78 bits per heavy atom. The standard InChI is InChI=1S/C19H23FN4O3/c20-19(10-21)6-13(7-19)22-8-11-1-2-12-9-24(18(27)14(12)5-11)15-3-4-16(25)23-17(15)26/h1-2,5,13,15,22H,3-4,6-10,21H2,(H,23,25,26). The number of halogens is 1. The molecule has 0 spiro atoms. The van der Waals surface area contributed by atoms with E-state index in [0.29, 0.717) is 37.9 Å². The number of nitrogens with two attached hydrogens (primary N) is 1. The number of hydrogen-bond acceptors (Lipinski definition) is 5. The van der Waals surface area contributed by atoms with Crippen molar-refractivity contribution in [3.63, 3.8) is 0 Å². The second kappa shape index (κ2) is 6.69. The van der Waals surface area contributed by atoms with E-state index in [2.05, 4.69) is 10.6 Å². The molecule has 3 aliphatic rings. The Morgan fingerprint density at radius 2 is 2.07 bits per heavy atom. The number of carbonyl (C=O) groups is 3. The maximum absolute atomic E-state index is 13.8. The van der Waals surface area contributed by atoms with Gasteiger partial charge in [0, 0.05) is 37.7 Å².